The Morgan fingerprint density at radius 1 is 1.53 bits per heavy atom. The molecule has 1 aromatic heterocycles. The molecular formula is C10H13NO4. The largest absolute Gasteiger partial charge is 0.465 e. The number of rotatable bonds is 3. The van der Waals surface area contributed by atoms with Gasteiger partial charge in [-0.1, -0.05) is 0 Å². The molecule has 1 unspecified atom stereocenters. The van der Waals surface area contributed by atoms with Crippen molar-refractivity contribution in [3.05, 3.63) is 23.2 Å². The van der Waals surface area contributed by atoms with Gasteiger partial charge in [-0.3, -0.25) is 4.79 Å². The van der Waals surface area contributed by atoms with Crippen LogP contribution in [0.5, 0.6) is 0 Å². The first-order valence-corrected chi connectivity index (χ1v) is 4.46. The molecular weight excluding hydrogens is 198 g/mol. The van der Waals surface area contributed by atoms with Crippen LogP contribution in [0.15, 0.2) is 10.5 Å². The van der Waals surface area contributed by atoms with Gasteiger partial charge in [0.2, 0.25) is 5.78 Å². The summed E-state index contributed by atoms with van der Waals surface area (Å²) in [7, 11) is 1.27. The highest BCUT2D eigenvalue weighted by atomic mass is 16.5. The number of hydrogen-bond acceptors (Lipinski definition) is 5. The van der Waals surface area contributed by atoms with Gasteiger partial charge in [0.1, 0.15) is 11.3 Å². The molecule has 1 atom stereocenters. The Morgan fingerprint density at radius 2 is 2.13 bits per heavy atom. The molecule has 0 saturated heterocycles. The van der Waals surface area contributed by atoms with Crippen LogP contribution >= 0.6 is 0 Å². The standard InChI is InChI=1S/C10H13NO4/c1-5(11)9(12)8-4-7(6(2)15-8)10(13)14-3/h4-5H,11H2,1-3H3. The minimum Gasteiger partial charge on any atom is -0.465 e. The first-order chi connectivity index (χ1) is 6.97. The second-order valence-corrected chi connectivity index (χ2v) is 3.23. The van der Waals surface area contributed by atoms with Crippen molar-refractivity contribution < 1.29 is 18.7 Å². The van der Waals surface area contributed by atoms with Crippen molar-refractivity contribution in [1.82, 2.24) is 0 Å². The Kier molecular flexibility index (Phi) is 3.26. The van der Waals surface area contributed by atoms with Crippen LogP contribution in [0, 0.1) is 6.92 Å². The van der Waals surface area contributed by atoms with Crippen LogP contribution < -0.4 is 5.73 Å². The third kappa shape index (κ3) is 2.24. The van der Waals surface area contributed by atoms with Gasteiger partial charge in [-0.05, 0) is 13.8 Å². The molecule has 1 aromatic rings. The van der Waals surface area contributed by atoms with E-state index in [1.165, 1.54) is 13.2 Å². The van der Waals surface area contributed by atoms with Crippen LogP contribution in [0.1, 0.15) is 33.6 Å². The summed E-state index contributed by atoms with van der Waals surface area (Å²) in [5.41, 5.74) is 5.66. The zero-order chi connectivity index (χ0) is 11.6. The van der Waals surface area contributed by atoms with Crippen molar-refractivity contribution in [1.29, 1.82) is 0 Å². The molecule has 0 amide bonds. The van der Waals surface area contributed by atoms with E-state index in [1.54, 1.807) is 13.8 Å². The lowest BCUT2D eigenvalue weighted by molar-refractivity contribution is 0.0598. The summed E-state index contributed by atoms with van der Waals surface area (Å²) < 4.78 is 9.66. The average molecular weight is 211 g/mol. The molecule has 0 saturated carbocycles. The summed E-state index contributed by atoms with van der Waals surface area (Å²) in [5.74, 6) is -0.429. The number of furan rings is 1. The first kappa shape index (κ1) is 11.5. The molecule has 1 heterocycles. The molecule has 0 bridgehead atoms. The number of aryl methyl sites for hydroxylation is 1. The monoisotopic (exact) mass is 211 g/mol. The SMILES string of the molecule is COC(=O)c1cc(C(=O)C(C)N)oc1C. The minimum absolute atomic E-state index is 0.0860. The van der Waals surface area contributed by atoms with Crippen molar-refractivity contribution in [2.45, 2.75) is 19.9 Å². The number of ether oxygens (including phenoxy) is 1. The van der Waals surface area contributed by atoms with Crippen LogP contribution in [0.3, 0.4) is 0 Å². The Bertz CT molecular complexity index is 392. The second-order valence-electron chi connectivity index (χ2n) is 3.23. The van der Waals surface area contributed by atoms with Crippen molar-refractivity contribution in [2.24, 2.45) is 5.73 Å². The van der Waals surface area contributed by atoms with Crippen molar-refractivity contribution in [3.63, 3.8) is 0 Å². The highest BCUT2D eigenvalue weighted by molar-refractivity contribution is 6.00. The van der Waals surface area contributed by atoms with Gasteiger partial charge < -0.3 is 14.9 Å². The molecule has 0 aliphatic rings. The molecule has 0 radical (unpaired) electrons. The number of nitrogens with two attached hydrogens (primary N) is 1. The van der Waals surface area contributed by atoms with Crippen LogP contribution in [0.25, 0.3) is 0 Å². The summed E-state index contributed by atoms with van der Waals surface area (Å²) in [6, 6.07) is 0.702. The van der Waals surface area contributed by atoms with Crippen molar-refractivity contribution in [3.8, 4) is 0 Å². The van der Waals surface area contributed by atoms with Crippen molar-refractivity contribution >= 4 is 11.8 Å². The maximum absolute atomic E-state index is 11.5. The Labute approximate surface area is 87.2 Å². The summed E-state index contributed by atoms with van der Waals surface area (Å²) in [4.78, 5) is 22.7. The summed E-state index contributed by atoms with van der Waals surface area (Å²) in [5, 5.41) is 0. The molecule has 0 spiro atoms. The summed E-state index contributed by atoms with van der Waals surface area (Å²) in [6.45, 7) is 3.14. The fraction of sp³-hybridized carbons (Fsp3) is 0.400. The number of carbonyl (C=O) groups is 2. The molecule has 0 aromatic carbocycles. The van der Waals surface area contributed by atoms with Crippen LogP contribution in [-0.4, -0.2) is 24.9 Å². The Balaban J connectivity index is 3.06. The zero-order valence-electron chi connectivity index (χ0n) is 8.87. The van der Waals surface area contributed by atoms with Crippen LogP contribution in [0.4, 0.5) is 0 Å². The van der Waals surface area contributed by atoms with Gasteiger partial charge in [-0.25, -0.2) is 4.79 Å². The highest BCUT2D eigenvalue weighted by Crippen LogP contribution is 2.16. The van der Waals surface area contributed by atoms with Crippen LogP contribution in [-0.2, 0) is 4.74 Å². The number of Topliss-reactive ketones (excluding diaryl/α,β-unsaturated/α-hetero) is 1. The summed E-state index contributed by atoms with van der Waals surface area (Å²) in [6.07, 6.45) is 0. The molecule has 5 heteroatoms. The van der Waals surface area contributed by atoms with E-state index in [2.05, 4.69) is 4.74 Å². The third-order valence-electron chi connectivity index (χ3n) is 1.98. The first-order valence-electron chi connectivity index (χ1n) is 4.46. The lowest BCUT2D eigenvalue weighted by Gasteiger charge is -1.98. The third-order valence-corrected chi connectivity index (χ3v) is 1.98. The van der Waals surface area contributed by atoms with E-state index in [0.717, 1.165) is 0 Å². The van der Waals surface area contributed by atoms with E-state index in [9.17, 15) is 9.59 Å². The topological polar surface area (TPSA) is 82.5 Å². The second kappa shape index (κ2) is 4.27. The zero-order valence-corrected chi connectivity index (χ0v) is 8.87. The number of hydrogen-bond donors (Lipinski definition) is 1. The fourth-order valence-electron chi connectivity index (χ4n) is 1.14. The Morgan fingerprint density at radius 3 is 2.60 bits per heavy atom. The summed E-state index contributed by atoms with van der Waals surface area (Å²) >= 11 is 0. The number of carbonyl (C=O) groups excluding carboxylic acids is 2. The maximum atomic E-state index is 11.5. The predicted molar refractivity (Wildman–Crippen MR) is 52.8 cm³/mol. The molecule has 2 N–H and O–H groups in total. The molecule has 82 valence electrons. The smallest absolute Gasteiger partial charge is 0.341 e. The van der Waals surface area contributed by atoms with Gasteiger partial charge in [0.15, 0.2) is 5.76 Å². The van der Waals surface area contributed by atoms with Gasteiger partial charge >= 0.3 is 5.97 Å². The molecule has 0 fully saturated rings. The van der Waals surface area contributed by atoms with E-state index >= 15 is 0 Å². The van der Waals surface area contributed by atoms with Gasteiger partial charge in [-0.2, -0.15) is 0 Å². The molecule has 15 heavy (non-hydrogen) atoms. The number of esters is 1. The average Bonchev–Trinajstić information content (AvgIpc) is 2.57. The van der Waals surface area contributed by atoms with E-state index in [0.29, 0.717) is 5.76 Å². The normalized spacial score (nSPS) is 12.3. The van der Waals surface area contributed by atoms with Gasteiger partial charge in [0, 0.05) is 6.07 Å². The lowest BCUT2D eigenvalue weighted by atomic mass is 10.1. The van der Waals surface area contributed by atoms with E-state index in [-0.39, 0.29) is 17.1 Å². The Hall–Kier alpha value is -1.62. The minimum atomic E-state index is -0.652. The van der Waals surface area contributed by atoms with E-state index < -0.39 is 12.0 Å². The lowest BCUT2D eigenvalue weighted by Crippen LogP contribution is -2.26. The molecule has 1 rings (SSSR count). The van der Waals surface area contributed by atoms with Gasteiger partial charge in [0.05, 0.1) is 13.2 Å². The molecule has 5 nitrogen and oxygen atoms in total. The van der Waals surface area contributed by atoms with E-state index in [1.807, 2.05) is 0 Å². The number of ketones is 1. The van der Waals surface area contributed by atoms with E-state index in [4.69, 9.17) is 10.2 Å². The predicted octanol–water partition coefficient (Wildman–Crippen LogP) is 0.905. The number of methoxy groups -OCH3 is 1. The quantitative estimate of drug-likeness (QED) is 0.593. The molecule has 0 aliphatic carbocycles. The van der Waals surface area contributed by atoms with Crippen LogP contribution in [0.2, 0.25) is 0 Å². The highest BCUT2D eigenvalue weighted by Gasteiger charge is 2.21. The molecule has 0 aliphatic heterocycles. The fourth-order valence-corrected chi connectivity index (χ4v) is 1.14. The van der Waals surface area contributed by atoms with Gasteiger partial charge in [0.25, 0.3) is 0 Å². The van der Waals surface area contributed by atoms with Gasteiger partial charge in [-0.15, -0.1) is 0 Å². The maximum Gasteiger partial charge on any atom is 0.341 e. The van der Waals surface area contributed by atoms with Crippen molar-refractivity contribution in [2.75, 3.05) is 7.11 Å².